The summed E-state index contributed by atoms with van der Waals surface area (Å²) in [6.45, 7) is 6.29. The molecule has 2 aliphatic heterocycles. The molecule has 1 amide bonds. The topological polar surface area (TPSA) is 105 Å². The van der Waals surface area contributed by atoms with E-state index in [1.807, 2.05) is 4.90 Å². The van der Waals surface area contributed by atoms with Crippen LogP contribution in [0.3, 0.4) is 0 Å². The van der Waals surface area contributed by atoms with Crippen molar-refractivity contribution in [2.24, 2.45) is 5.73 Å². The number of H-pyrrole nitrogens is 1. The fourth-order valence-corrected chi connectivity index (χ4v) is 4.99. The molecule has 1 unspecified atom stereocenters. The summed E-state index contributed by atoms with van der Waals surface area (Å²) < 4.78 is 5.42. The number of amides is 1. The summed E-state index contributed by atoms with van der Waals surface area (Å²) in [6.07, 6.45) is 6.19. The average molecular weight is 440 g/mol. The number of hydrogen-bond acceptors (Lipinski definition) is 6. The molecule has 0 radical (unpaired) electrons. The van der Waals surface area contributed by atoms with E-state index in [9.17, 15) is 9.59 Å². The maximum Gasteiger partial charge on any atom is 0.255 e. The summed E-state index contributed by atoms with van der Waals surface area (Å²) in [5.74, 6) is 0.734. The molecular formula is C21H34ClN5O3. The van der Waals surface area contributed by atoms with Crippen LogP contribution in [0, 0.1) is 0 Å². The number of aromatic nitrogens is 2. The molecule has 1 aliphatic carbocycles. The third-order valence-electron chi connectivity index (χ3n) is 6.89. The number of carbonyl (C=O) groups is 1. The molecule has 168 valence electrons. The predicted octanol–water partition coefficient (Wildman–Crippen LogP) is 1.35. The van der Waals surface area contributed by atoms with Gasteiger partial charge in [0, 0.05) is 37.2 Å². The van der Waals surface area contributed by atoms with Gasteiger partial charge < -0.3 is 20.3 Å². The minimum atomic E-state index is -0.395. The van der Waals surface area contributed by atoms with Gasteiger partial charge in [-0.1, -0.05) is 19.8 Å². The molecule has 1 spiro atoms. The number of likely N-dealkylation sites (tertiary alicyclic amines) is 1. The SMILES string of the molecule is CCCCC(N)C(=O)N1CCC2(CCc3c2nc(N2CCOCC2)[nH]c3=O)CC1.Cl. The molecule has 0 aromatic carbocycles. The number of anilines is 1. The van der Waals surface area contributed by atoms with Gasteiger partial charge in [-0.3, -0.25) is 14.6 Å². The number of nitrogens with one attached hydrogen (secondary N) is 1. The molecule has 3 heterocycles. The standard InChI is InChI=1S/C21H33N5O3.ClH/c1-2-3-4-16(22)19(28)25-9-7-21(8-10-25)6-5-15-17(21)23-20(24-18(15)27)26-11-13-29-14-12-26;/h16H,2-14,22H2,1H3,(H,23,24,27);1H. The van der Waals surface area contributed by atoms with E-state index in [-0.39, 0.29) is 29.3 Å². The maximum atomic E-state index is 12.7. The third-order valence-corrected chi connectivity index (χ3v) is 6.89. The van der Waals surface area contributed by atoms with Gasteiger partial charge in [0.05, 0.1) is 24.9 Å². The number of nitrogens with zero attached hydrogens (tertiary/aromatic N) is 3. The monoisotopic (exact) mass is 439 g/mol. The molecule has 1 aromatic rings. The van der Waals surface area contributed by atoms with Gasteiger partial charge >= 0.3 is 0 Å². The summed E-state index contributed by atoms with van der Waals surface area (Å²) in [7, 11) is 0. The van der Waals surface area contributed by atoms with Crippen LogP contribution in [0.25, 0.3) is 0 Å². The van der Waals surface area contributed by atoms with Gasteiger partial charge in [-0.05, 0) is 32.1 Å². The Kier molecular flexibility index (Phi) is 7.42. The average Bonchev–Trinajstić information content (AvgIpc) is 3.11. The molecule has 1 aromatic heterocycles. The van der Waals surface area contributed by atoms with Gasteiger partial charge in [-0.15, -0.1) is 12.4 Å². The van der Waals surface area contributed by atoms with E-state index in [4.69, 9.17) is 15.5 Å². The van der Waals surface area contributed by atoms with Gasteiger partial charge in [0.25, 0.3) is 5.56 Å². The van der Waals surface area contributed by atoms with Crippen LogP contribution >= 0.6 is 12.4 Å². The van der Waals surface area contributed by atoms with Crippen molar-refractivity contribution >= 4 is 24.3 Å². The zero-order chi connectivity index (χ0) is 20.4. The van der Waals surface area contributed by atoms with Crippen molar-refractivity contribution in [3.8, 4) is 0 Å². The molecule has 3 aliphatic rings. The summed E-state index contributed by atoms with van der Waals surface area (Å²) in [5, 5.41) is 0. The van der Waals surface area contributed by atoms with E-state index in [1.165, 1.54) is 0 Å². The fourth-order valence-electron chi connectivity index (χ4n) is 4.99. The second-order valence-corrected chi connectivity index (χ2v) is 8.67. The highest BCUT2D eigenvalue weighted by Crippen LogP contribution is 2.44. The fraction of sp³-hybridized carbons (Fsp3) is 0.762. The number of hydrogen-bond donors (Lipinski definition) is 2. The Hall–Kier alpha value is -1.64. The summed E-state index contributed by atoms with van der Waals surface area (Å²) in [5.41, 5.74) is 7.82. The molecule has 0 bridgehead atoms. The first-order chi connectivity index (χ1) is 14.0. The minimum absolute atomic E-state index is 0. The molecule has 2 fully saturated rings. The van der Waals surface area contributed by atoms with E-state index in [1.54, 1.807) is 0 Å². The zero-order valence-corrected chi connectivity index (χ0v) is 18.6. The molecule has 3 N–H and O–H groups in total. The quantitative estimate of drug-likeness (QED) is 0.717. The molecule has 1 atom stereocenters. The first-order valence-electron chi connectivity index (χ1n) is 11.0. The molecule has 2 saturated heterocycles. The lowest BCUT2D eigenvalue weighted by Gasteiger charge is -2.40. The number of ether oxygens (including phenoxy) is 1. The van der Waals surface area contributed by atoms with E-state index in [0.29, 0.717) is 32.3 Å². The number of morpholine rings is 1. The Morgan fingerprint density at radius 3 is 2.60 bits per heavy atom. The molecule has 4 rings (SSSR count). The lowest BCUT2D eigenvalue weighted by molar-refractivity contribution is -0.134. The maximum absolute atomic E-state index is 12.7. The Balaban J connectivity index is 0.00000256. The van der Waals surface area contributed by atoms with Crippen LogP contribution in [0.5, 0.6) is 0 Å². The Labute approximate surface area is 184 Å². The number of piperidine rings is 1. The van der Waals surface area contributed by atoms with Crippen molar-refractivity contribution in [2.75, 3.05) is 44.3 Å². The highest BCUT2D eigenvalue weighted by Gasteiger charge is 2.45. The second kappa shape index (κ2) is 9.66. The van der Waals surface area contributed by atoms with Crippen molar-refractivity contribution < 1.29 is 9.53 Å². The smallest absolute Gasteiger partial charge is 0.255 e. The Morgan fingerprint density at radius 2 is 1.93 bits per heavy atom. The molecule has 9 heteroatoms. The van der Waals surface area contributed by atoms with Crippen molar-refractivity contribution in [3.63, 3.8) is 0 Å². The number of halogens is 1. The molecular weight excluding hydrogens is 406 g/mol. The number of carbonyl (C=O) groups excluding carboxylic acids is 1. The summed E-state index contributed by atoms with van der Waals surface area (Å²) in [6, 6.07) is -0.395. The predicted molar refractivity (Wildman–Crippen MR) is 118 cm³/mol. The Morgan fingerprint density at radius 1 is 1.23 bits per heavy atom. The highest BCUT2D eigenvalue weighted by atomic mass is 35.5. The second-order valence-electron chi connectivity index (χ2n) is 8.67. The third kappa shape index (κ3) is 4.36. The van der Waals surface area contributed by atoms with Crippen LogP contribution in [0.4, 0.5) is 5.95 Å². The van der Waals surface area contributed by atoms with Crippen LogP contribution in [0.15, 0.2) is 4.79 Å². The lowest BCUT2D eigenvalue weighted by Crippen LogP contribution is -2.50. The van der Waals surface area contributed by atoms with Crippen LogP contribution in [-0.2, 0) is 21.4 Å². The molecule has 8 nitrogen and oxygen atoms in total. The molecule has 30 heavy (non-hydrogen) atoms. The largest absolute Gasteiger partial charge is 0.378 e. The van der Waals surface area contributed by atoms with Gasteiger partial charge in [-0.25, -0.2) is 4.98 Å². The first-order valence-corrected chi connectivity index (χ1v) is 11.0. The number of fused-ring (bicyclic) bond motifs is 2. The summed E-state index contributed by atoms with van der Waals surface area (Å²) in [4.78, 5) is 37.4. The number of nitrogens with two attached hydrogens (primary N) is 1. The Bertz CT molecular complexity index is 800. The van der Waals surface area contributed by atoms with Crippen molar-refractivity contribution in [3.05, 3.63) is 21.6 Å². The normalized spacial score (nSPS) is 21.3. The van der Waals surface area contributed by atoms with Crippen LogP contribution in [0.2, 0.25) is 0 Å². The minimum Gasteiger partial charge on any atom is -0.378 e. The zero-order valence-electron chi connectivity index (χ0n) is 17.8. The summed E-state index contributed by atoms with van der Waals surface area (Å²) >= 11 is 0. The molecule has 0 saturated carbocycles. The number of unbranched alkanes of at least 4 members (excludes halogenated alkanes) is 1. The van der Waals surface area contributed by atoms with Gasteiger partial charge in [0.1, 0.15) is 0 Å². The van der Waals surface area contributed by atoms with Crippen molar-refractivity contribution in [2.45, 2.75) is 63.3 Å². The van der Waals surface area contributed by atoms with E-state index in [0.717, 1.165) is 69.3 Å². The van der Waals surface area contributed by atoms with Crippen LogP contribution in [-0.4, -0.2) is 66.2 Å². The van der Waals surface area contributed by atoms with Crippen LogP contribution in [0.1, 0.15) is 56.7 Å². The van der Waals surface area contributed by atoms with Crippen LogP contribution < -0.4 is 16.2 Å². The lowest BCUT2D eigenvalue weighted by atomic mass is 9.76. The van der Waals surface area contributed by atoms with Gasteiger partial charge in [0.15, 0.2) is 0 Å². The van der Waals surface area contributed by atoms with Crippen molar-refractivity contribution in [1.82, 2.24) is 14.9 Å². The highest BCUT2D eigenvalue weighted by molar-refractivity contribution is 5.85. The van der Waals surface area contributed by atoms with Gasteiger partial charge in [0.2, 0.25) is 11.9 Å². The van der Waals surface area contributed by atoms with Crippen molar-refractivity contribution in [1.29, 1.82) is 0 Å². The van der Waals surface area contributed by atoms with Gasteiger partial charge in [-0.2, -0.15) is 0 Å². The van der Waals surface area contributed by atoms with E-state index < -0.39 is 6.04 Å². The van der Waals surface area contributed by atoms with E-state index in [2.05, 4.69) is 16.8 Å². The number of aromatic amines is 1. The first kappa shape index (κ1) is 23.0. The van der Waals surface area contributed by atoms with E-state index >= 15 is 0 Å². The number of rotatable bonds is 5.